The van der Waals surface area contributed by atoms with E-state index in [-0.39, 0.29) is 35.1 Å². The second kappa shape index (κ2) is 9.29. The number of benzene rings is 1. The van der Waals surface area contributed by atoms with Crippen molar-refractivity contribution in [1.82, 2.24) is 5.32 Å². The minimum Gasteiger partial charge on any atom is -0.508 e. The number of primary amides is 1. The Bertz CT molecular complexity index is 1250. The van der Waals surface area contributed by atoms with Crippen LogP contribution in [0.4, 0.5) is 0 Å². The molecule has 3 unspecified atom stereocenters. The molecule has 1 aromatic carbocycles. The summed E-state index contributed by atoms with van der Waals surface area (Å²) >= 11 is 0. The molecule has 7 N–H and O–H groups in total. The number of aliphatic hydroxyl groups is 3. The van der Waals surface area contributed by atoms with Gasteiger partial charge in [0.2, 0.25) is 5.78 Å². The van der Waals surface area contributed by atoms with E-state index in [0.717, 1.165) is 17.5 Å². The summed E-state index contributed by atoms with van der Waals surface area (Å²) in [6.07, 6.45) is 1.67. The third-order valence-electron chi connectivity index (χ3n) is 7.73. The molecule has 4 rings (SSSR count). The summed E-state index contributed by atoms with van der Waals surface area (Å²) in [7, 11) is 0. The SMILES string of the molecule is CCCc1cc(CNCC(C)(C)C)c(O)c2c1CC1CC3CC(=O)C(C(N)=O)=C(O)C3(O)C(=O)C1=C2O. The molecule has 1 aromatic rings. The lowest BCUT2D eigenvalue weighted by atomic mass is 9.59. The van der Waals surface area contributed by atoms with Gasteiger partial charge in [0.15, 0.2) is 11.4 Å². The first-order valence-corrected chi connectivity index (χ1v) is 12.8. The number of Topliss-reactive ketones (excluding diaryl/α,β-unsaturated/α-hetero) is 2. The maximum atomic E-state index is 13.7. The van der Waals surface area contributed by atoms with E-state index in [1.807, 2.05) is 13.0 Å². The van der Waals surface area contributed by atoms with Crippen molar-refractivity contribution in [2.45, 2.75) is 71.9 Å². The molecule has 3 atom stereocenters. The lowest BCUT2D eigenvalue weighted by Gasteiger charge is -2.46. The third kappa shape index (κ3) is 4.34. The standard InChI is InChI=1S/C28H36N2O7/c1-5-6-13-7-15(11-30-12-27(2,3)4)22(32)20-17(13)9-14-8-16-10-18(31)21(26(29)36)25(35)28(16,37)24(34)19(14)23(20)33/h7,14,16,30,32-33,35,37H,5-6,8-12H2,1-4H3,(H2,29,36). The molecule has 0 saturated heterocycles. The number of fused-ring (bicyclic) bond motifs is 3. The molecule has 9 heteroatoms. The van der Waals surface area contributed by atoms with Crippen LogP contribution in [0.25, 0.3) is 5.76 Å². The monoisotopic (exact) mass is 512 g/mol. The van der Waals surface area contributed by atoms with E-state index in [1.54, 1.807) is 0 Å². The van der Waals surface area contributed by atoms with Crippen LogP contribution in [0.5, 0.6) is 5.75 Å². The molecule has 1 fully saturated rings. The van der Waals surface area contributed by atoms with Gasteiger partial charge in [0.1, 0.15) is 22.8 Å². The molecule has 3 aliphatic carbocycles. The molecule has 3 aliphatic rings. The summed E-state index contributed by atoms with van der Waals surface area (Å²) in [6.45, 7) is 9.35. The summed E-state index contributed by atoms with van der Waals surface area (Å²) in [5.74, 6) is -6.08. The zero-order chi connectivity index (χ0) is 27.4. The number of hydrogen-bond acceptors (Lipinski definition) is 8. The summed E-state index contributed by atoms with van der Waals surface area (Å²) < 4.78 is 0. The normalized spacial score (nSPS) is 25.6. The number of carbonyl (C=O) groups is 3. The van der Waals surface area contributed by atoms with Gasteiger partial charge in [0, 0.05) is 36.6 Å². The van der Waals surface area contributed by atoms with Crippen LogP contribution in [0.15, 0.2) is 23.0 Å². The second-order valence-electron chi connectivity index (χ2n) is 11.7. The van der Waals surface area contributed by atoms with Gasteiger partial charge in [-0.1, -0.05) is 40.2 Å². The van der Waals surface area contributed by atoms with Crippen LogP contribution in [-0.2, 0) is 33.8 Å². The average Bonchev–Trinajstić information content (AvgIpc) is 2.78. The van der Waals surface area contributed by atoms with Gasteiger partial charge in [-0.25, -0.2) is 0 Å². The summed E-state index contributed by atoms with van der Waals surface area (Å²) in [5, 5.41) is 48.1. The quantitative estimate of drug-likeness (QED) is 0.316. The molecule has 0 bridgehead atoms. The number of nitrogens with one attached hydrogen (secondary N) is 1. The molecular weight excluding hydrogens is 476 g/mol. The fourth-order valence-corrected chi connectivity index (χ4v) is 6.03. The first-order chi connectivity index (χ1) is 17.2. The van der Waals surface area contributed by atoms with Crippen molar-refractivity contribution in [3.63, 3.8) is 0 Å². The Labute approximate surface area is 216 Å². The predicted octanol–water partition coefficient (Wildman–Crippen LogP) is 2.51. The van der Waals surface area contributed by atoms with Crippen molar-refractivity contribution >= 4 is 23.2 Å². The molecule has 1 saturated carbocycles. The maximum absolute atomic E-state index is 13.7. The lowest BCUT2D eigenvalue weighted by molar-refractivity contribution is -0.147. The van der Waals surface area contributed by atoms with Crippen LogP contribution in [0.3, 0.4) is 0 Å². The number of carbonyl (C=O) groups excluding carboxylic acids is 3. The molecule has 0 spiro atoms. The van der Waals surface area contributed by atoms with Crippen LogP contribution in [0, 0.1) is 17.3 Å². The van der Waals surface area contributed by atoms with Crippen molar-refractivity contribution in [2.24, 2.45) is 23.0 Å². The minimum absolute atomic E-state index is 0.0224. The van der Waals surface area contributed by atoms with E-state index < -0.39 is 52.0 Å². The highest BCUT2D eigenvalue weighted by Crippen LogP contribution is 2.52. The Morgan fingerprint density at radius 3 is 2.43 bits per heavy atom. The zero-order valence-electron chi connectivity index (χ0n) is 21.8. The summed E-state index contributed by atoms with van der Waals surface area (Å²) in [6, 6.07) is 1.93. The Morgan fingerprint density at radius 2 is 1.84 bits per heavy atom. The van der Waals surface area contributed by atoms with E-state index >= 15 is 0 Å². The smallest absolute Gasteiger partial charge is 0.255 e. The highest BCUT2D eigenvalue weighted by atomic mass is 16.3. The molecule has 0 heterocycles. The molecule has 0 aliphatic heterocycles. The fraction of sp³-hybridized carbons (Fsp3) is 0.536. The number of hydrogen-bond donors (Lipinski definition) is 6. The van der Waals surface area contributed by atoms with Gasteiger partial charge in [0.25, 0.3) is 5.91 Å². The fourth-order valence-electron chi connectivity index (χ4n) is 6.03. The van der Waals surface area contributed by atoms with Crippen LogP contribution in [0.1, 0.15) is 69.2 Å². The van der Waals surface area contributed by atoms with Gasteiger partial charge in [-0.05, 0) is 41.7 Å². The zero-order valence-corrected chi connectivity index (χ0v) is 21.8. The second-order valence-corrected chi connectivity index (χ2v) is 11.7. The predicted molar refractivity (Wildman–Crippen MR) is 137 cm³/mol. The van der Waals surface area contributed by atoms with Crippen LogP contribution >= 0.6 is 0 Å². The number of amides is 1. The van der Waals surface area contributed by atoms with E-state index in [2.05, 4.69) is 26.1 Å². The lowest BCUT2D eigenvalue weighted by Crippen LogP contribution is -2.58. The first kappa shape index (κ1) is 26.9. The highest BCUT2D eigenvalue weighted by Gasteiger charge is 2.60. The number of nitrogens with two attached hydrogens (primary N) is 1. The van der Waals surface area contributed by atoms with Crippen LogP contribution in [-0.4, -0.2) is 50.0 Å². The van der Waals surface area contributed by atoms with E-state index in [0.29, 0.717) is 31.5 Å². The number of rotatable bonds is 6. The van der Waals surface area contributed by atoms with Crippen molar-refractivity contribution in [2.75, 3.05) is 6.54 Å². The minimum atomic E-state index is -2.55. The molecular formula is C28H36N2O7. The van der Waals surface area contributed by atoms with Crippen molar-refractivity contribution in [3.8, 4) is 5.75 Å². The van der Waals surface area contributed by atoms with Crippen molar-refractivity contribution < 1.29 is 34.8 Å². The topological polar surface area (TPSA) is 170 Å². The van der Waals surface area contributed by atoms with Gasteiger partial charge in [-0.15, -0.1) is 0 Å². The first-order valence-electron chi connectivity index (χ1n) is 12.8. The van der Waals surface area contributed by atoms with Gasteiger partial charge in [-0.3, -0.25) is 14.4 Å². The number of ketones is 2. The van der Waals surface area contributed by atoms with E-state index in [1.165, 1.54) is 0 Å². The number of phenols is 1. The number of aliphatic hydroxyl groups excluding tert-OH is 2. The number of aromatic hydroxyl groups is 1. The highest BCUT2D eigenvalue weighted by molar-refractivity contribution is 6.22. The largest absolute Gasteiger partial charge is 0.508 e. The van der Waals surface area contributed by atoms with Gasteiger partial charge in [-0.2, -0.15) is 0 Å². The number of phenolic OH excluding ortho intramolecular Hbond substituents is 1. The van der Waals surface area contributed by atoms with E-state index in [4.69, 9.17) is 5.73 Å². The van der Waals surface area contributed by atoms with Gasteiger partial charge in [0.05, 0.1) is 5.56 Å². The molecule has 37 heavy (non-hydrogen) atoms. The molecule has 9 nitrogen and oxygen atoms in total. The third-order valence-corrected chi connectivity index (χ3v) is 7.73. The van der Waals surface area contributed by atoms with Crippen LogP contribution < -0.4 is 11.1 Å². The maximum Gasteiger partial charge on any atom is 0.255 e. The Morgan fingerprint density at radius 1 is 1.16 bits per heavy atom. The molecule has 200 valence electrons. The Kier molecular flexibility index (Phi) is 6.75. The molecule has 0 aromatic heterocycles. The van der Waals surface area contributed by atoms with Gasteiger partial charge < -0.3 is 31.5 Å². The molecule has 1 amide bonds. The average molecular weight is 513 g/mol. The van der Waals surface area contributed by atoms with Gasteiger partial charge >= 0.3 is 0 Å². The Hall–Kier alpha value is -3.17. The van der Waals surface area contributed by atoms with E-state index in [9.17, 15) is 34.8 Å². The van der Waals surface area contributed by atoms with Crippen molar-refractivity contribution in [3.05, 3.63) is 45.2 Å². The molecule has 0 radical (unpaired) electrons. The van der Waals surface area contributed by atoms with Crippen molar-refractivity contribution in [1.29, 1.82) is 0 Å². The Balaban J connectivity index is 1.85. The van der Waals surface area contributed by atoms with Crippen LogP contribution in [0.2, 0.25) is 0 Å². The number of aryl methyl sites for hydroxylation is 1. The summed E-state index contributed by atoms with van der Waals surface area (Å²) in [4.78, 5) is 38.0. The summed E-state index contributed by atoms with van der Waals surface area (Å²) in [5.41, 5.74) is 4.25.